The molecule has 0 aromatic heterocycles. The summed E-state index contributed by atoms with van der Waals surface area (Å²) in [6.07, 6.45) is 8.71. The van der Waals surface area contributed by atoms with Crippen molar-refractivity contribution in [2.24, 2.45) is 34.5 Å². The molecule has 3 saturated carbocycles. The Bertz CT molecular complexity index is 799. The topological polar surface area (TPSA) is 80.7 Å². The Morgan fingerprint density at radius 2 is 1.82 bits per heavy atom. The highest BCUT2D eigenvalue weighted by atomic mass is 16.6. The summed E-state index contributed by atoms with van der Waals surface area (Å²) in [6.45, 7) is 4.53. The molecule has 28 heavy (non-hydrogen) atoms. The molecular weight excluding hydrogens is 356 g/mol. The lowest BCUT2D eigenvalue weighted by molar-refractivity contribution is -0.176. The Labute approximate surface area is 165 Å². The fraction of sp³-hybridized carbons (Fsp3) is 0.783. The zero-order valence-electron chi connectivity index (χ0n) is 16.8. The molecule has 0 aromatic carbocycles. The summed E-state index contributed by atoms with van der Waals surface area (Å²) >= 11 is 0. The first-order valence-electron chi connectivity index (χ1n) is 10.9. The number of carbonyl (C=O) groups is 3. The number of ketones is 1. The second-order valence-corrected chi connectivity index (χ2v) is 10.5. The minimum absolute atomic E-state index is 0.0615. The van der Waals surface area contributed by atoms with Gasteiger partial charge in [0.2, 0.25) is 0 Å². The summed E-state index contributed by atoms with van der Waals surface area (Å²) in [6, 6.07) is 0. The van der Waals surface area contributed by atoms with E-state index >= 15 is 0 Å². The van der Waals surface area contributed by atoms with Gasteiger partial charge in [-0.15, -0.1) is 0 Å². The normalized spacial score (nSPS) is 49.9. The summed E-state index contributed by atoms with van der Waals surface area (Å²) in [5.41, 5.74) is 0.493. The van der Waals surface area contributed by atoms with E-state index in [-0.39, 0.29) is 40.0 Å². The van der Waals surface area contributed by atoms with Crippen LogP contribution in [-0.2, 0) is 19.1 Å². The molecule has 5 aliphatic rings. The van der Waals surface area contributed by atoms with Crippen LogP contribution in [0.1, 0.15) is 71.6 Å². The van der Waals surface area contributed by atoms with Gasteiger partial charge in [-0.25, -0.2) is 0 Å². The van der Waals surface area contributed by atoms with Crippen LogP contribution in [0.2, 0.25) is 0 Å². The van der Waals surface area contributed by atoms with Gasteiger partial charge in [-0.05, 0) is 74.2 Å². The molecule has 0 bridgehead atoms. The van der Waals surface area contributed by atoms with Crippen LogP contribution in [0.4, 0.5) is 0 Å². The standard InChI is InChI=1S/C23H30O5/c1-21-7-3-14(24)11-13(21)12-15(20(26)27)19-16(21)4-8-22(2)17(19)5-9-23(22)10-6-18(25)28-23/h11,15-17,19H,3-10,12H2,1-2H3,(H,26,27)/t15?,16?,17?,19?,21-,22-,23+/m0/s1. The third-order valence-corrected chi connectivity index (χ3v) is 9.66. The summed E-state index contributed by atoms with van der Waals surface area (Å²) in [5.74, 6) is -0.443. The maximum Gasteiger partial charge on any atom is 0.307 e. The predicted octanol–water partition coefficient (Wildman–Crippen LogP) is 3.90. The van der Waals surface area contributed by atoms with Crippen molar-refractivity contribution in [3.8, 4) is 0 Å². The quantitative estimate of drug-likeness (QED) is 0.691. The number of fused-ring (bicyclic) bond motifs is 6. The zero-order valence-corrected chi connectivity index (χ0v) is 16.8. The van der Waals surface area contributed by atoms with Crippen molar-refractivity contribution in [3.63, 3.8) is 0 Å². The van der Waals surface area contributed by atoms with Gasteiger partial charge in [0.15, 0.2) is 5.78 Å². The number of allylic oxidation sites excluding steroid dienone is 1. The number of ether oxygens (including phenoxy) is 1. The van der Waals surface area contributed by atoms with Gasteiger partial charge in [0, 0.05) is 18.3 Å². The van der Waals surface area contributed by atoms with Gasteiger partial charge in [-0.3, -0.25) is 14.4 Å². The summed E-state index contributed by atoms with van der Waals surface area (Å²) in [5, 5.41) is 10.1. The number of aliphatic carboxylic acids is 1. The minimum atomic E-state index is -0.732. The van der Waals surface area contributed by atoms with Crippen molar-refractivity contribution >= 4 is 17.7 Å². The summed E-state index contributed by atoms with van der Waals surface area (Å²) in [7, 11) is 0. The molecular formula is C23H30O5. The number of esters is 1. The third-order valence-electron chi connectivity index (χ3n) is 9.66. The van der Waals surface area contributed by atoms with Gasteiger partial charge < -0.3 is 9.84 Å². The number of carboxylic acid groups (broad SMARTS) is 1. The van der Waals surface area contributed by atoms with E-state index in [1.807, 2.05) is 0 Å². The molecule has 1 spiro atoms. The van der Waals surface area contributed by atoms with Crippen LogP contribution < -0.4 is 0 Å². The van der Waals surface area contributed by atoms with Gasteiger partial charge in [0.25, 0.3) is 0 Å². The highest BCUT2D eigenvalue weighted by Crippen LogP contribution is 2.70. The molecule has 7 atom stereocenters. The lowest BCUT2D eigenvalue weighted by Gasteiger charge is -2.60. The number of hydrogen-bond donors (Lipinski definition) is 1. The largest absolute Gasteiger partial charge is 0.481 e. The molecule has 0 amide bonds. The van der Waals surface area contributed by atoms with E-state index in [0.29, 0.717) is 25.2 Å². The van der Waals surface area contributed by atoms with Crippen LogP contribution in [-0.4, -0.2) is 28.4 Å². The van der Waals surface area contributed by atoms with Crippen LogP contribution in [0, 0.1) is 34.5 Å². The first-order chi connectivity index (χ1) is 13.2. The second kappa shape index (κ2) is 5.70. The molecule has 4 unspecified atom stereocenters. The average Bonchev–Trinajstić information content (AvgIpc) is 3.16. The Morgan fingerprint density at radius 1 is 1.07 bits per heavy atom. The minimum Gasteiger partial charge on any atom is -0.481 e. The van der Waals surface area contributed by atoms with Crippen molar-refractivity contribution in [1.29, 1.82) is 0 Å². The number of rotatable bonds is 1. The molecule has 1 saturated heterocycles. The van der Waals surface area contributed by atoms with Gasteiger partial charge in [-0.1, -0.05) is 19.4 Å². The van der Waals surface area contributed by atoms with E-state index in [4.69, 9.17) is 4.74 Å². The second-order valence-electron chi connectivity index (χ2n) is 10.5. The number of carbonyl (C=O) groups excluding carboxylic acids is 2. The first kappa shape index (κ1) is 18.4. The van der Waals surface area contributed by atoms with E-state index in [2.05, 4.69) is 13.8 Å². The van der Waals surface area contributed by atoms with Gasteiger partial charge in [-0.2, -0.15) is 0 Å². The molecule has 4 fully saturated rings. The van der Waals surface area contributed by atoms with Crippen molar-refractivity contribution in [1.82, 2.24) is 0 Å². The molecule has 1 heterocycles. The predicted molar refractivity (Wildman–Crippen MR) is 101 cm³/mol. The van der Waals surface area contributed by atoms with Crippen molar-refractivity contribution in [2.75, 3.05) is 0 Å². The number of hydrogen-bond acceptors (Lipinski definition) is 4. The number of carboxylic acids is 1. The van der Waals surface area contributed by atoms with Gasteiger partial charge in [0.1, 0.15) is 5.60 Å². The van der Waals surface area contributed by atoms with Crippen LogP contribution >= 0.6 is 0 Å². The lowest BCUT2D eigenvalue weighted by Crippen LogP contribution is -2.58. The van der Waals surface area contributed by atoms with E-state index in [1.54, 1.807) is 6.08 Å². The van der Waals surface area contributed by atoms with Crippen molar-refractivity contribution < 1.29 is 24.2 Å². The average molecular weight is 386 g/mol. The van der Waals surface area contributed by atoms with Gasteiger partial charge in [0.05, 0.1) is 5.92 Å². The first-order valence-corrected chi connectivity index (χ1v) is 10.9. The van der Waals surface area contributed by atoms with Crippen molar-refractivity contribution in [3.05, 3.63) is 11.6 Å². The van der Waals surface area contributed by atoms with E-state index in [9.17, 15) is 19.5 Å². The Balaban J connectivity index is 1.57. The van der Waals surface area contributed by atoms with E-state index in [1.165, 1.54) is 0 Å². The SMILES string of the molecule is C[C@]12CCC(=O)C=C1CC(C(=O)O)C1C2CC[C@@]2(C)C1CC[C@@]21CCC(=O)O1. The molecule has 4 aliphatic carbocycles. The Kier molecular flexibility index (Phi) is 3.74. The molecule has 0 aromatic rings. The third kappa shape index (κ3) is 2.16. The van der Waals surface area contributed by atoms with Gasteiger partial charge >= 0.3 is 11.9 Å². The van der Waals surface area contributed by atoms with Crippen LogP contribution in [0.3, 0.4) is 0 Å². The molecule has 5 nitrogen and oxygen atoms in total. The maximum absolute atomic E-state index is 12.3. The molecule has 1 N–H and O–H groups in total. The van der Waals surface area contributed by atoms with E-state index < -0.39 is 11.9 Å². The lowest BCUT2D eigenvalue weighted by atomic mass is 9.44. The highest BCUT2D eigenvalue weighted by Gasteiger charge is 2.68. The molecule has 152 valence electrons. The van der Waals surface area contributed by atoms with E-state index in [0.717, 1.165) is 44.1 Å². The maximum atomic E-state index is 12.3. The Morgan fingerprint density at radius 3 is 2.50 bits per heavy atom. The fourth-order valence-corrected chi connectivity index (χ4v) is 8.11. The molecule has 5 heteroatoms. The molecule has 1 aliphatic heterocycles. The van der Waals surface area contributed by atoms with Crippen LogP contribution in [0.25, 0.3) is 0 Å². The van der Waals surface area contributed by atoms with Crippen LogP contribution in [0.15, 0.2) is 11.6 Å². The molecule has 0 radical (unpaired) electrons. The van der Waals surface area contributed by atoms with Crippen molar-refractivity contribution in [2.45, 2.75) is 77.2 Å². The zero-order chi connectivity index (χ0) is 19.9. The monoisotopic (exact) mass is 386 g/mol. The molecule has 5 rings (SSSR count). The summed E-state index contributed by atoms with van der Waals surface area (Å²) < 4.78 is 5.96. The smallest absolute Gasteiger partial charge is 0.307 e. The summed E-state index contributed by atoms with van der Waals surface area (Å²) in [4.78, 5) is 36.4. The van der Waals surface area contributed by atoms with Crippen LogP contribution in [0.5, 0.6) is 0 Å². The highest BCUT2D eigenvalue weighted by molar-refractivity contribution is 5.92. The fourth-order valence-electron chi connectivity index (χ4n) is 8.11. The Hall–Kier alpha value is -1.65.